The first-order valence-electron chi connectivity index (χ1n) is 18.8. The van der Waals surface area contributed by atoms with E-state index in [4.69, 9.17) is 23.7 Å². The van der Waals surface area contributed by atoms with Crippen molar-refractivity contribution >= 4 is 35.7 Å². The summed E-state index contributed by atoms with van der Waals surface area (Å²) >= 11 is 0. The van der Waals surface area contributed by atoms with Crippen LogP contribution < -0.4 is 0 Å². The average Bonchev–Trinajstić information content (AvgIpc) is 3.58. The Morgan fingerprint density at radius 2 is 1.15 bits per heavy atom. The van der Waals surface area contributed by atoms with Crippen LogP contribution in [-0.2, 0) is 52.5 Å². The summed E-state index contributed by atoms with van der Waals surface area (Å²) in [5.74, 6) is -3.58. The molecule has 6 rings (SSSR count). The zero-order chi connectivity index (χ0) is 40.5. The number of carbonyl (C=O) groups excluding carboxylic acids is 6. The van der Waals surface area contributed by atoms with Crippen LogP contribution in [0.1, 0.15) is 98.4 Å². The van der Waals surface area contributed by atoms with Crippen molar-refractivity contribution in [1.29, 1.82) is 0 Å². The largest absolute Gasteiger partial charge is 0.465 e. The zero-order valence-electron chi connectivity index (χ0n) is 33.3. The fourth-order valence-corrected chi connectivity index (χ4v) is 7.82. The Hall–Kier alpha value is -4.78. The molecule has 0 aliphatic carbocycles. The molecule has 4 heterocycles. The maximum atomic E-state index is 13.3. The highest BCUT2D eigenvalue weighted by Crippen LogP contribution is 2.50. The molecule has 4 aliphatic rings. The molecular weight excluding hydrogens is 708 g/mol. The van der Waals surface area contributed by atoms with Gasteiger partial charge in [-0.05, 0) is 66.5 Å². The highest BCUT2D eigenvalue weighted by atomic mass is 16.7. The zero-order valence-corrected chi connectivity index (χ0v) is 33.3. The van der Waals surface area contributed by atoms with Gasteiger partial charge in [0.05, 0.1) is 36.9 Å². The highest BCUT2D eigenvalue weighted by molar-refractivity contribution is 5.96. The van der Waals surface area contributed by atoms with Crippen LogP contribution in [0, 0.1) is 22.7 Å². The molecular formula is C42H54N2O11. The second-order valence-electron chi connectivity index (χ2n) is 17.0. The lowest BCUT2D eigenvalue weighted by Crippen LogP contribution is -2.51. The normalized spacial score (nSPS) is 27.4. The van der Waals surface area contributed by atoms with Crippen molar-refractivity contribution in [1.82, 2.24) is 9.80 Å². The summed E-state index contributed by atoms with van der Waals surface area (Å²) in [6.07, 6.45) is -0.914. The topological polar surface area (TPSA) is 155 Å². The maximum Gasteiger partial charge on any atom is 0.315 e. The van der Waals surface area contributed by atoms with E-state index in [9.17, 15) is 28.8 Å². The molecule has 1 unspecified atom stereocenters. The first-order chi connectivity index (χ1) is 25.7. The first kappa shape index (κ1) is 41.4. The van der Waals surface area contributed by atoms with Gasteiger partial charge in [-0.2, -0.15) is 0 Å². The fourth-order valence-electron chi connectivity index (χ4n) is 7.82. The molecule has 4 fully saturated rings. The van der Waals surface area contributed by atoms with Crippen LogP contribution in [0.15, 0.2) is 60.7 Å². The molecule has 0 bridgehead atoms. The molecule has 13 nitrogen and oxygen atoms in total. The smallest absolute Gasteiger partial charge is 0.315 e. The van der Waals surface area contributed by atoms with E-state index in [-0.39, 0.29) is 63.0 Å². The molecule has 2 amide bonds. The molecule has 2 aromatic carbocycles. The number of nitrogens with zero attached hydrogens (tertiary/aromatic N) is 2. The Morgan fingerprint density at radius 1 is 0.709 bits per heavy atom. The minimum atomic E-state index is -1.18. The summed E-state index contributed by atoms with van der Waals surface area (Å²) in [6.45, 7) is 16.2. The number of hydrogen-bond acceptors (Lipinski definition) is 11. The van der Waals surface area contributed by atoms with Crippen molar-refractivity contribution in [2.75, 3.05) is 26.3 Å². The number of hydrogen-bond donors (Lipinski definition) is 0. The molecule has 2 aromatic rings. The number of amides is 2. The molecule has 0 spiro atoms. The van der Waals surface area contributed by atoms with Crippen LogP contribution in [0.4, 0.5) is 0 Å². The third-order valence-corrected chi connectivity index (χ3v) is 10.7. The van der Waals surface area contributed by atoms with Gasteiger partial charge in [-0.25, -0.2) is 0 Å². The van der Waals surface area contributed by atoms with Crippen molar-refractivity contribution < 1.29 is 52.5 Å². The Labute approximate surface area is 322 Å². The standard InChI is InChI=1S/C22H29NO6.C20H25NO5/c1-14(16-9-7-6-8-10-16)23-13-22(20(26)29-21(3,4)5)11-18(28-15(2)24)27-12-17(22)19(23)25;1-13(14-8-6-5-7-9-14)21-12-20(18(24)26-19(2,3)4)10-16(22)25-11-15(20)17(21)23/h6-10,14,17-18H,11-13H2,1-5H3;5-9,13,15H,10-12H2,1-4H3/t14-,17+,18?,22-;13-,15+,20-/m11/s1. The minimum Gasteiger partial charge on any atom is -0.465 e. The lowest BCUT2D eigenvalue weighted by molar-refractivity contribution is -0.218. The van der Waals surface area contributed by atoms with E-state index in [0.717, 1.165) is 11.1 Å². The average molecular weight is 763 g/mol. The van der Waals surface area contributed by atoms with Gasteiger partial charge < -0.3 is 33.5 Å². The molecule has 55 heavy (non-hydrogen) atoms. The third-order valence-electron chi connectivity index (χ3n) is 10.7. The molecule has 4 saturated heterocycles. The quantitative estimate of drug-likeness (QED) is 0.266. The monoisotopic (exact) mass is 762 g/mol. The molecule has 0 N–H and O–H groups in total. The number of ether oxygens (including phenoxy) is 5. The van der Waals surface area contributed by atoms with Gasteiger partial charge in [0.1, 0.15) is 28.6 Å². The Balaban J connectivity index is 0.000000212. The number of cyclic esters (lactones) is 1. The van der Waals surface area contributed by atoms with E-state index in [1.54, 1.807) is 51.3 Å². The predicted molar refractivity (Wildman–Crippen MR) is 198 cm³/mol. The number of carbonyl (C=O) groups is 6. The van der Waals surface area contributed by atoms with Gasteiger partial charge >= 0.3 is 23.9 Å². The summed E-state index contributed by atoms with van der Waals surface area (Å²) in [7, 11) is 0. The SMILES string of the molecule is CC(=O)OC1C[C@@]2(C(=O)OC(C)(C)C)CN([C@H](C)c3ccccc3)C(=O)[C@@H]2CO1.C[C@H](c1ccccc1)N1C[C@]2(C(=O)OC(C)(C)C)CC(=O)OC[C@H]2C1=O. The van der Waals surface area contributed by atoms with E-state index < -0.39 is 64.0 Å². The van der Waals surface area contributed by atoms with E-state index >= 15 is 0 Å². The van der Waals surface area contributed by atoms with Gasteiger partial charge in [-0.15, -0.1) is 0 Å². The van der Waals surface area contributed by atoms with Crippen LogP contribution in [0.5, 0.6) is 0 Å². The van der Waals surface area contributed by atoms with Crippen LogP contribution in [0.25, 0.3) is 0 Å². The van der Waals surface area contributed by atoms with Gasteiger partial charge in [0.2, 0.25) is 18.1 Å². The number of rotatable bonds is 7. The number of esters is 4. The Kier molecular flexibility index (Phi) is 11.9. The van der Waals surface area contributed by atoms with Crippen LogP contribution in [0.3, 0.4) is 0 Å². The number of likely N-dealkylation sites (tertiary alicyclic amines) is 2. The molecule has 0 aromatic heterocycles. The predicted octanol–water partition coefficient (Wildman–Crippen LogP) is 5.32. The van der Waals surface area contributed by atoms with E-state index in [1.807, 2.05) is 74.5 Å². The second kappa shape index (κ2) is 15.8. The highest BCUT2D eigenvalue weighted by Gasteiger charge is 2.64. The molecule has 4 aliphatic heterocycles. The number of benzene rings is 2. The van der Waals surface area contributed by atoms with Gasteiger partial charge in [0.15, 0.2) is 0 Å². The first-order valence-corrected chi connectivity index (χ1v) is 18.8. The molecule has 0 saturated carbocycles. The van der Waals surface area contributed by atoms with Crippen LogP contribution in [0.2, 0.25) is 0 Å². The summed E-state index contributed by atoms with van der Waals surface area (Å²) in [6, 6.07) is 18.9. The lowest BCUT2D eigenvalue weighted by atomic mass is 9.73. The second-order valence-corrected chi connectivity index (χ2v) is 17.0. The Bertz CT molecular complexity index is 1770. The lowest BCUT2D eigenvalue weighted by Gasteiger charge is -2.39. The van der Waals surface area contributed by atoms with Crippen LogP contribution >= 0.6 is 0 Å². The van der Waals surface area contributed by atoms with Crippen molar-refractivity contribution in [2.24, 2.45) is 22.7 Å². The third kappa shape index (κ3) is 8.87. The van der Waals surface area contributed by atoms with E-state index in [1.165, 1.54) is 6.92 Å². The van der Waals surface area contributed by atoms with Gasteiger partial charge in [0.25, 0.3) is 0 Å². The van der Waals surface area contributed by atoms with E-state index in [0.29, 0.717) is 0 Å². The fraction of sp³-hybridized carbons (Fsp3) is 0.571. The van der Waals surface area contributed by atoms with E-state index in [2.05, 4.69) is 0 Å². The minimum absolute atomic E-state index is 0.00797. The molecule has 0 radical (unpaired) electrons. The van der Waals surface area contributed by atoms with Gasteiger partial charge in [-0.3, -0.25) is 28.8 Å². The van der Waals surface area contributed by atoms with Crippen LogP contribution in [-0.4, -0.2) is 89.3 Å². The van der Waals surface area contributed by atoms with Crippen molar-refractivity contribution in [3.63, 3.8) is 0 Å². The summed E-state index contributed by atoms with van der Waals surface area (Å²) < 4.78 is 27.2. The summed E-state index contributed by atoms with van der Waals surface area (Å²) in [5.41, 5.74) is -1.73. The van der Waals surface area contributed by atoms with Crippen molar-refractivity contribution in [2.45, 2.75) is 105 Å². The van der Waals surface area contributed by atoms with Crippen molar-refractivity contribution in [3.05, 3.63) is 71.8 Å². The maximum absolute atomic E-state index is 13.3. The Morgan fingerprint density at radius 3 is 1.60 bits per heavy atom. The van der Waals surface area contributed by atoms with Gasteiger partial charge in [-0.1, -0.05) is 60.7 Å². The van der Waals surface area contributed by atoms with Gasteiger partial charge in [0, 0.05) is 26.4 Å². The summed E-state index contributed by atoms with van der Waals surface area (Å²) in [4.78, 5) is 79.4. The molecule has 7 atom stereocenters. The molecule has 298 valence electrons. The van der Waals surface area contributed by atoms with Crippen molar-refractivity contribution in [3.8, 4) is 0 Å². The number of fused-ring (bicyclic) bond motifs is 2. The summed E-state index contributed by atoms with van der Waals surface area (Å²) in [5, 5.41) is 0. The molecule has 13 heteroatoms.